The summed E-state index contributed by atoms with van der Waals surface area (Å²) in [5.41, 5.74) is 0. The molecule has 0 aliphatic heterocycles. The molecule has 0 saturated heterocycles. The van der Waals surface area contributed by atoms with Gasteiger partial charge in [0.25, 0.3) is 0 Å². The topological polar surface area (TPSA) is 29.1 Å². The number of hydrogen-bond acceptors (Lipinski definition) is 1. The molecule has 0 aliphatic rings. The van der Waals surface area contributed by atoms with Gasteiger partial charge in [0.1, 0.15) is 0 Å². The van der Waals surface area contributed by atoms with Crippen LogP contribution in [0.25, 0.3) is 0 Å². The molecule has 3 heteroatoms. The molecule has 0 fully saturated rings. The van der Waals surface area contributed by atoms with Crippen molar-refractivity contribution in [3.63, 3.8) is 0 Å². The molecule has 1 N–H and O–H groups in total. The predicted octanol–water partition coefficient (Wildman–Crippen LogP) is -0.727. The fourth-order valence-corrected chi connectivity index (χ4v) is 0. The first-order chi connectivity index (χ1) is 1.91. The van der Waals surface area contributed by atoms with Crippen molar-refractivity contribution in [2.45, 2.75) is 0 Å². The van der Waals surface area contributed by atoms with Crippen LogP contribution in [0.1, 0.15) is 0 Å². The molecule has 0 aromatic carbocycles. The standard InChI is InChI=1S/C2H4NO.Rf/c1-3-2-4;/h1H3,(H,3,4);/q-1;. The monoisotopic (exact) mass is 325 g/mol. The van der Waals surface area contributed by atoms with Gasteiger partial charge in [0.15, 0.2) is 0 Å². The van der Waals surface area contributed by atoms with Gasteiger partial charge < -0.3 is 10.1 Å². The third kappa shape index (κ3) is 1.94. The van der Waals surface area contributed by atoms with Gasteiger partial charge in [0, 0.05) is 0 Å². The minimum atomic E-state index is 0. The quantitative estimate of drug-likeness (QED) is 0.500. The maximum absolute atomic E-state index is 8.94. The molecule has 1 amide bonds. The van der Waals surface area contributed by atoms with E-state index in [4.69, 9.17) is 4.79 Å². The predicted molar refractivity (Wildman–Crippen MR) is 14.8 cm³/mol. The molecule has 0 saturated carbocycles. The molecule has 0 atom stereocenters. The Morgan fingerprint density at radius 3 is 2.00 bits per heavy atom. The zero-order chi connectivity index (χ0) is 3.41. The first-order valence-electron chi connectivity index (χ1n) is 0.954. The first-order valence-corrected chi connectivity index (χ1v) is 0.954. The summed E-state index contributed by atoms with van der Waals surface area (Å²) in [6.07, 6.45) is 1.43. The third-order valence-electron chi connectivity index (χ3n) is 0.102. The van der Waals surface area contributed by atoms with Crippen molar-refractivity contribution in [3.05, 3.63) is 0 Å². The van der Waals surface area contributed by atoms with Gasteiger partial charge in [0.05, 0.1) is 0 Å². The Morgan fingerprint density at radius 1 is 1.80 bits per heavy atom. The second kappa shape index (κ2) is 24.2. The molecule has 0 spiro atoms. The Hall–Kier alpha value is -1.53. The molecular weight excluding hydrogens is 321 g/mol. The summed E-state index contributed by atoms with van der Waals surface area (Å²) in [7, 11) is 1.51. The molecule has 0 aromatic heterocycles. The molecular formula is C2H4NORf-. The Kier molecular flexibility index (Phi) is 47.3. The number of hydrogen-bond donors (Lipinski definition) is 1. The maximum Gasteiger partial charge on any atom is 0 e. The van der Waals surface area contributed by atoms with E-state index >= 15 is 0 Å². The second-order valence-electron chi connectivity index (χ2n) is 0.352. The summed E-state index contributed by atoms with van der Waals surface area (Å²) in [5.74, 6) is 0. The van der Waals surface area contributed by atoms with Gasteiger partial charge >= 0.3 is 0 Å². The Morgan fingerprint density at radius 2 is 2.00 bits per heavy atom. The molecule has 0 aromatic rings. The number of amides is 1. The summed E-state index contributed by atoms with van der Waals surface area (Å²) < 4.78 is 0. The average molecular weight is 325 g/mol. The minimum Gasteiger partial charge on any atom is -0.532 e. The van der Waals surface area contributed by atoms with Gasteiger partial charge in [-0.15, -0.1) is 0 Å². The molecule has 0 heterocycles. The molecule has 2 nitrogen and oxygen atoms in total. The summed E-state index contributed by atoms with van der Waals surface area (Å²) in [5, 5.41) is 2.12. The van der Waals surface area contributed by atoms with Crippen molar-refractivity contribution >= 4 is 6.41 Å². The SMILES string of the molecule is CN[C-]=O.[Rf]. The van der Waals surface area contributed by atoms with E-state index in [9.17, 15) is 0 Å². The smallest absolute Gasteiger partial charge is 0 e. The van der Waals surface area contributed by atoms with Crippen LogP contribution in [0.4, 0.5) is 0 Å². The normalized spacial score (nSPS) is 4.20. The number of carbonyl (C=O) groups excluding carboxylic acids is 1. The molecule has 0 bridgehead atoms. The van der Waals surface area contributed by atoms with Crippen molar-refractivity contribution < 1.29 is 4.79 Å². The van der Waals surface area contributed by atoms with Crippen molar-refractivity contribution in [3.8, 4) is 0 Å². The van der Waals surface area contributed by atoms with Crippen molar-refractivity contribution in [1.29, 1.82) is 0 Å². The van der Waals surface area contributed by atoms with Crippen LogP contribution in [0.2, 0.25) is 0 Å². The average Bonchev–Trinajstić information content (AvgIpc) is 1.37. The van der Waals surface area contributed by atoms with Crippen LogP contribution in [-0.4, -0.2) is 13.5 Å². The van der Waals surface area contributed by atoms with Gasteiger partial charge in [-0.3, -0.25) is 0 Å². The maximum atomic E-state index is 8.94. The van der Waals surface area contributed by atoms with E-state index in [1.54, 1.807) is 0 Å². The molecule has 0 radical (unpaired) electrons. The van der Waals surface area contributed by atoms with Crippen LogP contribution in [0.3, 0.4) is 0 Å². The summed E-state index contributed by atoms with van der Waals surface area (Å²) >= 11 is 0. The third-order valence-corrected chi connectivity index (χ3v) is 0.102. The molecule has 0 aliphatic carbocycles. The van der Waals surface area contributed by atoms with Gasteiger partial charge in [-0.05, 0) is 7.05 Å². The van der Waals surface area contributed by atoms with Gasteiger partial charge in [-0.2, -0.15) is 6.41 Å². The van der Waals surface area contributed by atoms with Crippen LogP contribution in [0.15, 0.2) is 0 Å². The number of nitrogens with one attached hydrogen (secondary N) is 1. The zero-order valence-corrected chi connectivity index (χ0v) is 9.51. The fraction of sp³-hybridized carbons (Fsp3) is 0.500. The zero-order valence-electron chi connectivity index (χ0n) is 3.12. The van der Waals surface area contributed by atoms with Crippen LogP contribution < -0.4 is 5.32 Å². The Bertz CT molecular complexity index is 23.6. The van der Waals surface area contributed by atoms with Crippen molar-refractivity contribution in [1.82, 2.24) is 5.32 Å². The van der Waals surface area contributed by atoms with Crippen LogP contribution in [0, 0.1) is 0 Å². The summed E-state index contributed by atoms with van der Waals surface area (Å²) in [6, 6.07) is 0. The van der Waals surface area contributed by atoms with E-state index in [1.165, 1.54) is 13.5 Å². The largest absolute Gasteiger partial charge is 0.532 e. The second-order valence-corrected chi connectivity index (χ2v) is 0.352. The fourth-order valence-electron chi connectivity index (χ4n) is 0. The van der Waals surface area contributed by atoms with Gasteiger partial charge in [0.2, 0.25) is 0 Å². The van der Waals surface area contributed by atoms with Crippen LogP contribution in [-0.2, 0) is 4.79 Å². The molecule has 5 heavy (non-hydrogen) atoms. The van der Waals surface area contributed by atoms with E-state index < -0.39 is 0 Å². The molecule has 0 unspecified atom stereocenters. The number of rotatable bonds is 1. The van der Waals surface area contributed by atoms with Crippen LogP contribution in [0.5, 0.6) is 0 Å². The Balaban J connectivity index is 0. The van der Waals surface area contributed by atoms with E-state index in [0.29, 0.717) is 0 Å². The Labute approximate surface area is 24.8 Å². The van der Waals surface area contributed by atoms with E-state index in [2.05, 4.69) is 5.32 Å². The first kappa shape index (κ1) is 9.80. The van der Waals surface area contributed by atoms with Crippen molar-refractivity contribution in [2.75, 3.05) is 7.05 Å². The minimum absolute atomic E-state index is 0. The molecule has 26 valence electrons. The van der Waals surface area contributed by atoms with Gasteiger partial charge in [-0.1, -0.05) is 0 Å². The van der Waals surface area contributed by atoms with E-state index in [-0.39, 0.29) is 0 Å². The molecule has 0 rings (SSSR count). The van der Waals surface area contributed by atoms with Crippen molar-refractivity contribution in [2.24, 2.45) is 0 Å². The van der Waals surface area contributed by atoms with E-state index in [0.717, 1.165) is 0 Å². The summed E-state index contributed by atoms with van der Waals surface area (Å²) in [4.78, 5) is 8.94. The van der Waals surface area contributed by atoms with Gasteiger partial charge in [-0.25, -0.2) is 0 Å². The van der Waals surface area contributed by atoms with Crippen LogP contribution >= 0.6 is 0 Å². The van der Waals surface area contributed by atoms with E-state index in [1.807, 2.05) is 0 Å². The summed E-state index contributed by atoms with van der Waals surface area (Å²) in [6.45, 7) is 0.